The van der Waals surface area contributed by atoms with Gasteiger partial charge in [0.2, 0.25) is 15.8 Å². The number of carbonyl (C=O) groups excluding carboxylic acids is 1. The lowest BCUT2D eigenvalue weighted by Crippen LogP contribution is -2.19. The second kappa shape index (κ2) is 9.11. The number of hydrogen-bond acceptors (Lipinski definition) is 6. The van der Waals surface area contributed by atoms with Crippen LogP contribution < -0.4 is 10.5 Å². The van der Waals surface area contributed by atoms with Crippen molar-refractivity contribution < 1.29 is 17.6 Å². The van der Waals surface area contributed by atoms with E-state index in [0.29, 0.717) is 10.7 Å². The van der Waals surface area contributed by atoms with Crippen molar-refractivity contribution in [3.05, 3.63) is 95.5 Å². The topological polar surface area (TPSA) is 133 Å². The van der Waals surface area contributed by atoms with Crippen LogP contribution in [-0.2, 0) is 10.0 Å². The molecule has 5 aromatic rings. The van der Waals surface area contributed by atoms with Crippen LogP contribution in [0.4, 0.5) is 10.1 Å². The number of carbonyl (C=O) groups is 1. The Hall–Kier alpha value is -4.19. The summed E-state index contributed by atoms with van der Waals surface area (Å²) in [6.07, 6.45) is 0. The highest BCUT2D eigenvalue weighted by Crippen LogP contribution is 2.29. The molecule has 0 atom stereocenters. The van der Waals surface area contributed by atoms with Gasteiger partial charge in [-0.15, -0.1) is 5.10 Å². The van der Waals surface area contributed by atoms with Crippen LogP contribution in [0.25, 0.3) is 27.6 Å². The second-order valence-electron chi connectivity index (χ2n) is 7.78. The molecule has 9 nitrogen and oxygen atoms in total. The molecule has 5 rings (SSSR count). The van der Waals surface area contributed by atoms with Gasteiger partial charge < -0.3 is 5.32 Å². The van der Waals surface area contributed by atoms with Crippen molar-refractivity contribution in [1.82, 2.24) is 20.2 Å². The van der Waals surface area contributed by atoms with Gasteiger partial charge in [0.25, 0.3) is 5.91 Å². The van der Waals surface area contributed by atoms with E-state index in [1.807, 2.05) is 18.2 Å². The molecule has 0 bridgehead atoms. The van der Waals surface area contributed by atoms with Gasteiger partial charge in [0.1, 0.15) is 5.82 Å². The van der Waals surface area contributed by atoms with Crippen molar-refractivity contribution in [3.8, 4) is 16.8 Å². The monoisotopic (exact) mass is 522 g/mol. The quantitative estimate of drug-likeness (QED) is 0.356. The van der Waals surface area contributed by atoms with E-state index in [1.54, 1.807) is 24.3 Å². The van der Waals surface area contributed by atoms with E-state index in [-0.39, 0.29) is 27.5 Å². The summed E-state index contributed by atoms with van der Waals surface area (Å²) in [5.74, 6) is -1.69. The molecular formula is C24H16ClFN6O3S. The Labute approximate surface area is 209 Å². The first kappa shape index (κ1) is 23.5. The summed E-state index contributed by atoms with van der Waals surface area (Å²) >= 11 is 6.03. The van der Waals surface area contributed by atoms with Gasteiger partial charge >= 0.3 is 0 Å². The van der Waals surface area contributed by atoms with Gasteiger partial charge in [-0.25, -0.2) is 17.9 Å². The summed E-state index contributed by atoms with van der Waals surface area (Å²) in [5, 5.41) is 21.3. The van der Waals surface area contributed by atoms with Crippen molar-refractivity contribution in [2.45, 2.75) is 4.90 Å². The summed E-state index contributed by atoms with van der Waals surface area (Å²) in [6, 6.07) is 20.6. The molecule has 180 valence electrons. The number of amides is 1. The van der Waals surface area contributed by atoms with Crippen LogP contribution in [0.2, 0.25) is 5.02 Å². The van der Waals surface area contributed by atoms with Crippen LogP contribution in [0.15, 0.2) is 83.8 Å². The minimum absolute atomic E-state index is 0.139. The number of benzene rings is 4. The third kappa shape index (κ3) is 4.54. The van der Waals surface area contributed by atoms with Gasteiger partial charge in [-0.2, -0.15) is 4.68 Å². The lowest BCUT2D eigenvalue weighted by Gasteiger charge is -2.11. The van der Waals surface area contributed by atoms with Crippen LogP contribution in [0.1, 0.15) is 10.6 Å². The summed E-state index contributed by atoms with van der Waals surface area (Å²) in [5.41, 5.74) is 0.893. The molecule has 0 fully saturated rings. The van der Waals surface area contributed by atoms with Crippen molar-refractivity contribution in [2.24, 2.45) is 5.14 Å². The molecule has 1 amide bonds. The van der Waals surface area contributed by atoms with E-state index in [0.717, 1.165) is 16.8 Å². The zero-order valence-electron chi connectivity index (χ0n) is 18.3. The van der Waals surface area contributed by atoms with E-state index in [9.17, 15) is 17.6 Å². The molecular weight excluding hydrogens is 507 g/mol. The molecule has 0 aliphatic rings. The fourth-order valence-corrected chi connectivity index (χ4v) is 4.70. The largest absolute Gasteiger partial charge is 0.317 e. The maximum absolute atomic E-state index is 14.9. The highest BCUT2D eigenvalue weighted by molar-refractivity contribution is 7.89. The predicted molar refractivity (Wildman–Crippen MR) is 133 cm³/mol. The Kier molecular flexibility index (Phi) is 5.96. The average Bonchev–Trinajstić information content (AvgIpc) is 3.35. The zero-order chi connectivity index (χ0) is 25.4. The molecule has 0 saturated heterocycles. The molecule has 36 heavy (non-hydrogen) atoms. The first-order valence-corrected chi connectivity index (χ1v) is 12.3. The van der Waals surface area contributed by atoms with E-state index in [1.165, 1.54) is 35.0 Å². The normalized spacial score (nSPS) is 11.5. The van der Waals surface area contributed by atoms with Crippen molar-refractivity contribution in [3.63, 3.8) is 0 Å². The third-order valence-electron chi connectivity index (χ3n) is 5.42. The highest BCUT2D eigenvalue weighted by atomic mass is 35.5. The number of anilines is 1. The smallest absolute Gasteiger partial charge is 0.295 e. The van der Waals surface area contributed by atoms with Crippen LogP contribution in [0.5, 0.6) is 0 Å². The zero-order valence-corrected chi connectivity index (χ0v) is 19.8. The molecule has 12 heteroatoms. The molecule has 1 aromatic heterocycles. The Balaban J connectivity index is 1.43. The average molecular weight is 523 g/mol. The number of halogens is 2. The van der Waals surface area contributed by atoms with Crippen LogP contribution in [0.3, 0.4) is 0 Å². The summed E-state index contributed by atoms with van der Waals surface area (Å²) in [7, 11) is -4.02. The first-order valence-electron chi connectivity index (χ1n) is 10.4. The van der Waals surface area contributed by atoms with Crippen molar-refractivity contribution >= 4 is 44.0 Å². The number of sulfonamides is 1. The number of hydrogen-bond donors (Lipinski definition) is 2. The maximum atomic E-state index is 14.9. The molecule has 0 unspecified atom stereocenters. The predicted octanol–water partition coefficient (Wildman–Crippen LogP) is 4.17. The van der Waals surface area contributed by atoms with Crippen molar-refractivity contribution in [2.75, 3.05) is 5.32 Å². The Morgan fingerprint density at radius 3 is 2.50 bits per heavy atom. The van der Waals surface area contributed by atoms with Crippen LogP contribution >= 0.6 is 11.6 Å². The lowest BCUT2D eigenvalue weighted by atomic mass is 10.0. The van der Waals surface area contributed by atoms with Gasteiger partial charge in [0.15, 0.2) is 0 Å². The van der Waals surface area contributed by atoms with Gasteiger partial charge in [-0.3, -0.25) is 4.79 Å². The molecule has 4 aromatic carbocycles. The molecule has 0 radical (unpaired) electrons. The molecule has 0 spiro atoms. The highest BCUT2D eigenvalue weighted by Gasteiger charge is 2.20. The number of nitrogens with one attached hydrogen (secondary N) is 1. The number of rotatable bonds is 5. The fraction of sp³-hybridized carbons (Fsp3) is 0. The van der Waals surface area contributed by atoms with E-state index >= 15 is 0 Å². The SMILES string of the molecule is NS(=O)(=O)c1ccccc1-c1ccc(NC(=O)c2nnnn2-c2ccc3cc(Cl)ccc3c2)c(F)c1. The standard InChI is InChI=1S/C24H16ClFN6O3S/c25-17-8-5-15-12-18(9-6-14(15)11-17)32-23(29-30-31-32)24(33)28-21-10-7-16(13-20(21)26)19-3-1-2-4-22(19)36(27,34)35/h1-13H,(H,28,33)(H2,27,34,35). The molecule has 0 aliphatic carbocycles. The summed E-state index contributed by atoms with van der Waals surface area (Å²) in [6.45, 7) is 0. The van der Waals surface area contributed by atoms with Gasteiger partial charge in [0, 0.05) is 10.6 Å². The van der Waals surface area contributed by atoms with Crippen LogP contribution in [-0.4, -0.2) is 34.5 Å². The number of nitrogens with zero attached hydrogens (tertiary/aromatic N) is 4. The molecule has 0 saturated carbocycles. The number of aromatic nitrogens is 4. The first-order chi connectivity index (χ1) is 17.2. The maximum Gasteiger partial charge on any atom is 0.295 e. The summed E-state index contributed by atoms with van der Waals surface area (Å²) in [4.78, 5) is 12.8. The van der Waals surface area contributed by atoms with E-state index in [4.69, 9.17) is 16.7 Å². The number of fused-ring (bicyclic) bond motifs is 1. The summed E-state index contributed by atoms with van der Waals surface area (Å²) < 4.78 is 39.9. The Morgan fingerprint density at radius 2 is 1.72 bits per heavy atom. The molecule has 3 N–H and O–H groups in total. The Morgan fingerprint density at radius 1 is 0.972 bits per heavy atom. The van der Waals surface area contributed by atoms with Gasteiger partial charge in [-0.05, 0) is 69.2 Å². The van der Waals surface area contributed by atoms with Crippen molar-refractivity contribution in [1.29, 1.82) is 0 Å². The minimum atomic E-state index is -4.02. The third-order valence-corrected chi connectivity index (χ3v) is 6.63. The number of tetrazole rings is 1. The minimum Gasteiger partial charge on any atom is -0.317 e. The second-order valence-corrected chi connectivity index (χ2v) is 9.75. The fourth-order valence-electron chi connectivity index (χ4n) is 3.75. The lowest BCUT2D eigenvalue weighted by molar-refractivity contribution is 0.101. The van der Waals surface area contributed by atoms with Gasteiger partial charge in [-0.1, -0.05) is 48.0 Å². The number of nitrogens with two attached hydrogens (primary N) is 1. The van der Waals surface area contributed by atoms with E-state index in [2.05, 4.69) is 20.8 Å². The van der Waals surface area contributed by atoms with Gasteiger partial charge in [0.05, 0.1) is 16.3 Å². The molecule has 1 heterocycles. The van der Waals surface area contributed by atoms with Crippen LogP contribution in [0, 0.1) is 5.82 Å². The van der Waals surface area contributed by atoms with E-state index < -0.39 is 21.7 Å². The molecule has 0 aliphatic heterocycles. The Bertz CT molecular complexity index is 1760. The number of primary sulfonamides is 1.